The largest absolute Gasteiger partial charge is 0.508 e. The van der Waals surface area contributed by atoms with Gasteiger partial charge < -0.3 is 19.9 Å². The highest BCUT2D eigenvalue weighted by atomic mass is 19.1. The number of esters is 2. The highest BCUT2D eigenvalue weighted by molar-refractivity contribution is 5.99. The summed E-state index contributed by atoms with van der Waals surface area (Å²) in [6.45, 7) is 3.04. The molecule has 1 aromatic carbocycles. The van der Waals surface area contributed by atoms with Crippen LogP contribution in [-0.4, -0.2) is 31.3 Å². The predicted molar refractivity (Wildman–Crippen MR) is 83.3 cm³/mol. The second-order valence-corrected chi connectivity index (χ2v) is 5.44. The Morgan fingerprint density at radius 2 is 1.40 bits per heavy atom. The number of aromatic hydroxyl groups is 1. The lowest BCUT2D eigenvalue weighted by Gasteiger charge is -2.30. The number of nitrogens with one attached hydrogen (secondary N) is 1. The van der Waals surface area contributed by atoms with E-state index in [0.717, 1.165) is 14.2 Å². The minimum Gasteiger partial charge on any atom is -0.508 e. The molecule has 1 aliphatic rings. The van der Waals surface area contributed by atoms with Crippen molar-refractivity contribution in [3.05, 3.63) is 51.9 Å². The molecule has 0 amide bonds. The summed E-state index contributed by atoms with van der Waals surface area (Å²) in [5.74, 6) is -5.91. The van der Waals surface area contributed by atoms with Gasteiger partial charge >= 0.3 is 11.9 Å². The van der Waals surface area contributed by atoms with Gasteiger partial charge in [-0.05, 0) is 13.8 Å². The average molecular weight is 353 g/mol. The number of phenolic OH excluding ortho intramolecular Hbond substituents is 1. The zero-order valence-electron chi connectivity index (χ0n) is 14.1. The van der Waals surface area contributed by atoms with E-state index < -0.39 is 40.8 Å². The van der Waals surface area contributed by atoms with Crippen molar-refractivity contribution in [2.45, 2.75) is 19.8 Å². The topological polar surface area (TPSA) is 84.9 Å². The first-order valence-corrected chi connectivity index (χ1v) is 7.26. The van der Waals surface area contributed by atoms with Crippen molar-refractivity contribution in [3.63, 3.8) is 0 Å². The molecular formula is C17H17F2NO5. The molecule has 8 heteroatoms. The summed E-state index contributed by atoms with van der Waals surface area (Å²) in [4.78, 5) is 24.4. The Bertz CT molecular complexity index is 752. The molecule has 0 spiro atoms. The van der Waals surface area contributed by atoms with Crippen LogP contribution in [0.25, 0.3) is 0 Å². The molecule has 1 heterocycles. The van der Waals surface area contributed by atoms with Crippen molar-refractivity contribution in [2.75, 3.05) is 14.2 Å². The van der Waals surface area contributed by atoms with E-state index >= 15 is 0 Å². The minimum absolute atomic E-state index is 0.128. The summed E-state index contributed by atoms with van der Waals surface area (Å²) in [6, 6.07) is 1.41. The highest BCUT2D eigenvalue weighted by Crippen LogP contribution is 2.41. The number of allylic oxidation sites excluding steroid dienone is 2. The highest BCUT2D eigenvalue weighted by Gasteiger charge is 2.40. The third-order valence-corrected chi connectivity index (χ3v) is 3.92. The summed E-state index contributed by atoms with van der Waals surface area (Å²) in [5.41, 5.74) is -0.240. The number of carbonyl (C=O) groups excluding carboxylic acids is 2. The van der Waals surface area contributed by atoms with E-state index in [1.165, 1.54) is 13.8 Å². The molecule has 0 aliphatic carbocycles. The maximum absolute atomic E-state index is 14.5. The number of ether oxygens (including phenoxy) is 2. The van der Waals surface area contributed by atoms with E-state index in [-0.39, 0.29) is 22.5 Å². The summed E-state index contributed by atoms with van der Waals surface area (Å²) in [5, 5.41) is 12.2. The van der Waals surface area contributed by atoms with Crippen LogP contribution in [0.3, 0.4) is 0 Å². The normalized spacial score (nSPS) is 15.1. The Morgan fingerprint density at radius 3 is 1.76 bits per heavy atom. The van der Waals surface area contributed by atoms with Gasteiger partial charge in [-0.15, -0.1) is 0 Å². The fourth-order valence-corrected chi connectivity index (χ4v) is 2.89. The van der Waals surface area contributed by atoms with E-state index in [4.69, 9.17) is 9.47 Å². The van der Waals surface area contributed by atoms with Gasteiger partial charge in [0, 0.05) is 29.1 Å². The Hall–Kier alpha value is -2.90. The molecule has 2 N–H and O–H groups in total. The molecule has 6 nitrogen and oxygen atoms in total. The Morgan fingerprint density at radius 1 is 1.00 bits per heavy atom. The second kappa shape index (κ2) is 6.92. The number of rotatable bonds is 3. The number of carbonyl (C=O) groups is 2. The first kappa shape index (κ1) is 18.4. The molecule has 1 aliphatic heterocycles. The average Bonchev–Trinajstić information content (AvgIpc) is 2.52. The lowest BCUT2D eigenvalue weighted by atomic mass is 9.80. The molecule has 0 saturated carbocycles. The van der Waals surface area contributed by atoms with Gasteiger partial charge in [0.1, 0.15) is 17.4 Å². The van der Waals surface area contributed by atoms with Gasteiger partial charge in [0.05, 0.1) is 31.3 Å². The molecule has 0 saturated heterocycles. The van der Waals surface area contributed by atoms with E-state index in [9.17, 15) is 23.5 Å². The fourth-order valence-electron chi connectivity index (χ4n) is 2.89. The molecule has 2 rings (SSSR count). The van der Waals surface area contributed by atoms with Gasteiger partial charge in [0.2, 0.25) is 0 Å². The molecule has 0 unspecified atom stereocenters. The summed E-state index contributed by atoms with van der Waals surface area (Å²) in [6.07, 6.45) is 0. The van der Waals surface area contributed by atoms with Crippen molar-refractivity contribution < 1.29 is 33.0 Å². The standard InChI is InChI=1S/C17H17F2NO5/c1-7-12(16(22)24-3)15(13(8(2)20-7)17(23)25-4)14-10(18)5-9(21)6-11(14)19/h5-6,15,20-21H,1-4H3. The number of methoxy groups -OCH3 is 2. The lowest BCUT2D eigenvalue weighted by Crippen LogP contribution is -2.32. The predicted octanol–water partition coefficient (Wildman–Crippen LogP) is 2.25. The van der Waals surface area contributed by atoms with Crippen LogP contribution in [0.4, 0.5) is 8.78 Å². The molecule has 0 atom stereocenters. The van der Waals surface area contributed by atoms with Crippen LogP contribution in [0.2, 0.25) is 0 Å². The number of halogens is 2. The third-order valence-electron chi connectivity index (χ3n) is 3.92. The molecule has 25 heavy (non-hydrogen) atoms. The third kappa shape index (κ3) is 3.19. The van der Waals surface area contributed by atoms with Crippen molar-refractivity contribution >= 4 is 11.9 Å². The van der Waals surface area contributed by atoms with Crippen LogP contribution in [-0.2, 0) is 19.1 Å². The molecule has 134 valence electrons. The first-order chi connectivity index (χ1) is 11.7. The fraction of sp³-hybridized carbons (Fsp3) is 0.294. The monoisotopic (exact) mass is 353 g/mol. The molecule has 0 radical (unpaired) electrons. The van der Waals surface area contributed by atoms with Crippen molar-refractivity contribution in [3.8, 4) is 5.75 Å². The van der Waals surface area contributed by atoms with Gasteiger partial charge in [0.25, 0.3) is 0 Å². The van der Waals surface area contributed by atoms with Crippen LogP contribution in [0.1, 0.15) is 25.3 Å². The zero-order valence-corrected chi connectivity index (χ0v) is 14.1. The minimum atomic E-state index is -1.39. The van der Waals surface area contributed by atoms with Gasteiger partial charge in [-0.3, -0.25) is 0 Å². The number of dihydropyridines is 1. The van der Waals surface area contributed by atoms with Gasteiger partial charge in [-0.25, -0.2) is 18.4 Å². The van der Waals surface area contributed by atoms with Crippen LogP contribution >= 0.6 is 0 Å². The second-order valence-electron chi connectivity index (χ2n) is 5.44. The number of benzene rings is 1. The Labute approximate surface area is 142 Å². The molecule has 0 bridgehead atoms. The summed E-state index contributed by atoms with van der Waals surface area (Å²) in [7, 11) is 2.23. The van der Waals surface area contributed by atoms with Crippen molar-refractivity contribution in [1.82, 2.24) is 5.32 Å². The Balaban J connectivity index is 2.83. The van der Waals surface area contributed by atoms with E-state index in [2.05, 4.69) is 5.32 Å². The van der Waals surface area contributed by atoms with Crippen LogP contribution < -0.4 is 5.32 Å². The number of hydrogen-bond acceptors (Lipinski definition) is 6. The van der Waals surface area contributed by atoms with Gasteiger partial charge in [-0.2, -0.15) is 0 Å². The van der Waals surface area contributed by atoms with E-state index in [1.807, 2.05) is 0 Å². The van der Waals surface area contributed by atoms with Crippen LogP contribution in [0.15, 0.2) is 34.7 Å². The summed E-state index contributed by atoms with van der Waals surface area (Å²) >= 11 is 0. The van der Waals surface area contributed by atoms with Gasteiger partial charge in [-0.1, -0.05) is 0 Å². The number of phenols is 1. The summed E-state index contributed by atoms with van der Waals surface area (Å²) < 4.78 is 38.3. The molecule has 0 fully saturated rings. The van der Waals surface area contributed by atoms with E-state index in [1.54, 1.807) is 0 Å². The zero-order chi connectivity index (χ0) is 18.9. The molecule has 1 aromatic rings. The van der Waals surface area contributed by atoms with Crippen molar-refractivity contribution in [1.29, 1.82) is 0 Å². The molecular weight excluding hydrogens is 336 g/mol. The quantitative estimate of drug-likeness (QED) is 0.811. The first-order valence-electron chi connectivity index (χ1n) is 7.26. The Kier molecular flexibility index (Phi) is 5.10. The number of hydrogen-bond donors (Lipinski definition) is 2. The lowest BCUT2D eigenvalue weighted by molar-refractivity contribution is -0.137. The maximum Gasteiger partial charge on any atom is 0.336 e. The molecule has 0 aromatic heterocycles. The maximum atomic E-state index is 14.5. The van der Waals surface area contributed by atoms with Crippen LogP contribution in [0.5, 0.6) is 5.75 Å². The SMILES string of the molecule is COC(=O)C1=C(C)NC(C)=C(C(=O)OC)C1c1c(F)cc(O)cc1F. The van der Waals surface area contributed by atoms with Crippen LogP contribution in [0, 0.1) is 11.6 Å². The van der Waals surface area contributed by atoms with Gasteiger partial charge in [0.15, 0.2) is 0 Å². The van der Waals surface area contributed by atoms with E-state index in [0.29, 0.717) is 12.1 Å². The smallest absolute Gasteiger partial charge is 0.336 e. The van der Waals surface area contributed by atoms with Crippen molar-refractivity contribution in [2.24, 2.45) is 0 Å².